The molecule has 1 atom stereocenters. The molecule has 0 aliphatic heterocycles. The van der Waals surface area contributed by atoms with E-state index in [-0.39, 0.29) is 11.8 Å². The smallest absolute Gasteiger partial charge is 0.242 e. The lowest BCUT2D eigenvalue weighted by molar-refractivity contribution is -0.138. The van der Waals surface area contributed by atoms with Gasteiger partial charge in [0.2, 0.25) is 11.8 Å². The van der Waals surface area contributed by atoms with Gasteiger partial charge in [-0.1, -0.05) is 65.5 Å². The summed E-state index contributed by atoms with van der Waals surface area (Å²) in [7, 11) is 0. The third-order valence-electron chi connectivity index (χ3n) is 4.83. The summed E-state index contributed by atoms with van der Waals surface area (Å²) in [6.07, 6.45) is 0.838. The lowest BCUT2D eigenvalue weighted by Crippen LogP contribution is -2.48. The van der Waals surface area contributed by atoms with E-state index in [0.29, 0.717) is 28.9 Å². The van der Waals surface area contributed by atoms with Gasteiger partial charge < -0.3 is 10.2 Å². The van der Waals surface area contributed by atoms with Gasteiger partial charge in [-0.25, -0.2) is 0 Å². The SMILES string of the molecule is CCCNC(=O)[C@H](C)N(Cc1ccc(Cl)c(Cl)c1)C(=O)CSCc1cc(C)cc(C)c1. The molecule has 0 saturated carbocycles. The maximum absolute atomic E-state index is 13.1. The highest BCUT2D eigenvalue weighted by atomic mass is 35.5. The first-order valence-corrected chi connectivity index (χ1v) is 12.3. The third-order valence-corrected chi connectivity index (χ3v) is 6.56. The molecule has 0 spiro atoms. The third kappa shape index (κ3) is 8.06. The first-order chi connectivity index (χ1) is 14.7. The van der Waals surface area contributed by atoms with Gasteiger partial charge in [-0.2, -0.15) is 0 Å². The molecule has 0 heterocycles. The Morgan fingerprint density at radius 3 is 2.32 bits per heavy atom. The average Bonchev–Trinajstić information content (AvgIpc) is 2.71. The Balaban J connectivity index is 2.10. The van der Waals surface area contributed by atoms with E-state index in [1.807, 2.05) is 13.0 Å². The first kappa shape index (κ1) is 25.6. The predicted octanol–water partition coefficient (Wildman–Crippen LogP) is 5.79. The van der Waals surface area contributed by atoms with E-state index in [1.165, 1.54) is 16.7 Å². The van der Waals surface area contributed by atoms with Crippen LogP contribution in [0.25, 0.3) is 0 Å². The zero-order chi connectivity index (χ0) is 23.0. The second kappa shape index (κ2) is 12.4. The van der Waals surface area contributed by atoms with Gasteiger partial charge in [0.05, 0.1) is 15.8 Å². The van der Waals surface area contributed by atoms with E-state index in [9.17, 15) is 9.59 Å². The van der Waals surface area contributed by atoms with Crippen LogP contribution < -0.4 is 5.32 Å². The molecule has 0 bridgehead atoms. The molecule has 2 amide bonds. The number of benzene rings is 2. The van der Waals surface area contributed by atoms with Gasteiger partial charge in [0.15, 0.2) is 0 Å². The average molecular weight is 481 g/mol. The molecule has 0 aliphatic rings. The molecular weight excluding hydrogens is 451 g/mol. The van der Waals surface area contributed by atoms with Gasteiger partial charge in [0, 0.05) is 18.8 Å². The number of carbonyl (C=O) groups excluding carboxylic acids is 2. The van der Waals surface area contributed by atoms with Crippen molar-refractivity contribution in [3.8, 4) is 0 Å². The van der Waals surface area contributed by atoms with E-state index < -0.39 is 6.04 Å². The Morgan fingerprint density at radius 1 is 1.03 bits per heavy atom. The Labute approximate surface area is 199 Å². The minimum Gasteiger partial charge on any atom is -0.354 e. The molecule has 4 nitrogen and oxygen atoms in total. The molecule has 0 radical (unpaired) electrons. The summed E-state index contributed by atoms with van der Waals surface area (Å²) in [4.78, 5) is 27.3. The molecule has 0 fully saturated rings. The summed E-state index contributed by atoms with van der Waals surface area (Å²) in [6, 6.07) is 11.1. The molecule has 2 aromatic rings. The van der Waals surface area contributed by atoms with Crippen LogP contribution in [0.1, 0.15) is 42.5 Å². The number of amides is 2. The number of nitrogens with one attached hydrogen (secondary N) is 1. The molecule has 1 N–H and O–H groups in total. The van der Waals surface area contributed by atoms with Crippen LogP contribution in [0.2, 0.25) is 10.0 Å². The number of halogens is 2. The van der Waals surface area contributed by atoms with Crippen LogP contribution in [0.15, 0.2) is 36.4 Å². The number of hydrogen-bond donors (Lipinski definition) is 1. The molecular formula is C24H30Cl2N2O2S. The maximum Gasteiger partial charge on any atom is 0.242 e. The summed E-state index contributed by atoms with van der Waals surface area (Å²) in [5, 5.41) is 3.77. The molecule has 0 saturated heterocycles. The Morgan fingerprint density at radius 2 is 1.71 bits per heavy atom. The molecule has 2 aromatic carbocycles. The van der Waals surface area contributed by atoms with Crippen molar-refractivity contribution < 1.29 is 9.59 Å². The van der Waals surface area contributed by atoms with Gasteiger partial charge in [0.25, 0.3) is 0 Å². The highest BCUT2D eigenvalue weighted by molar-refractivity contribution is 7.99. The molecule has 0 unspecified atom stereocenters. The number of carbonyl (C=O) groups is 2. The topological polar surface area (TPSA) is 49.4 Å². The second-order valence-corrected chi connectivity index (χ2v) is 9.53. The maximum atomic E-state index is 13.1. The van der Waals surface area contributed by atoms with E-state index in [4.69, 9.17) is 23.2 Å². The fraction of sp³-hybridized carbons (Fsp3) is 0.417. The standard InChI is InChI=1S/C24H30Cl2N2O2S/c1-5-8-27-24(30)18(4)28(13-19-6-7-21(25)22(26)12-19)23(29)15-31-14-20-10-16(2)9-17(3)11-20/h6-7,9-12,18H,5,8,13-15H2,1-4H3,(H,27,30)/t18-/m0/s1. The first-order valence-electron chi connectivity index (χ1n) is 10.4. The van der Waals surface area contributed by atoms with Crippen LogP contribution in [-0.2, 0) is 21.9 Å². The quantitative estimate of drug-likeness (QED) is 0.468. The molecule has 7 heteroatoms. The van der Waals surface area contributed by atoms with Crippen molar-refractivity contribution in [1.82, 2.24) is 10.2 Å². The zero-order valence-corrected chi connectivity index (χ0v) is 20.8. The van der Waals surface area contributed by atoms with Crippen LogP contribution in [0.5, 0.6) is 0 Å². The highest BCUT2D eigenvalue weighted by Crippen LogP contribution is 2.24. The monoisotopic (exact) mass is 480 g/mol. The van der Waals surface area contributed by atoms with Crippen molar-refractivity contribution in [3.63, 3.8) is 0 Å². The molecule has 0 aliphatic carbocycles. The van der Waals surface area contributed by atoms with Crippen molar-refractivity contribution in [3.05, 3.63) is 68.7 Å². The highest BCUT2D eigenvalue weighted by Gasteiger charge is 2.26. The number of aryl methyl sites for hydroxylation is 2. The lowest BCUT2D eigenvalue weighted by Gasteiger charge is -2.29. The zero-order valence-electron chi connectivity index (χ0n) is 18.5. The predicted molar refractivity (Wildman–Crippen MR) is 132 cm³/mol. The molecule has 31 heavy (non-hydrogen) atoms. The summed E-state index contributed by atoms with van der Waals surface area (Å²) in [5.74, 6) is 0.791. The van der Waals surface area contributed by atoms with Crippen LogP contribution in [0, 0.1) is 13.8 Å². The van der Waals surface area contributed by atoms with Gasteiger partial charge in [-0.3, -0.25) is 9.59 Å². The van der Waals surface area contributed by atoms with Crippen LogP contribution in [0.3, 0.4) is 0 Å². The molecule has 2 rings (SSSR count). The largest absolute Gasteiger partial charge is 0.354 e. The normalized spacial score (nSPS) is 11.8. The lowest BCUT2D eigenvalue weighted by atomic mass is 10.1. The van der Waals surface area contributed by atoms with E-state index in [1.54, 1.807) is 35.7 Å². The summed E-state index contributed by atoms with van der Waals surface area (Å²) in [6.45, 7) is 8.77. The molecule has 168 valence electrons. The van der Waals surface area contributed by atoms with E-state index >= 15 is 0 Å². The van der Waals surface area contributed by atoms with Gasteiger partial charge >= 0.3 is 0 Å². The van der Waals surface area contributed by atoms with Gasteiger partial charge in [0.1, 0.15) is 6.04 Å². The molecule has 0 aromatic heterocycles. The fourth-order valence-corrected chi connectivity index (χ4v) is 4.47. The Hall–Kier alpha value is -1.69. The van der Waals surface area contributed by atoms with E-state index in [2.05, 4.69) is 37.4 Å². The number of nitrogens with zero attached hydrogens (tertiary/aromatic N) is 1. The summed E-state index contributed by atoms with van der Waals surface area (Å²) in [5.41, 5.74) is 4.45. The minimum atomic E-state index is -0.588. The second-order valence-electron chi connectivity index (χ2n) is 7.73. The van der Waals surface area contributed by atoms with Crippen molar-refractivity contribution in [2.75, 3.05) is 12.3 Å². The van der Waals surface area contributed by atoms with Crippen molar-refractivity contribution >= 4 is 46.8 Å². The van der Waals surface area contributed by atoms with Crippen molar-refractivity contribution in [1.29, 1.82) is 0 Å². The van der Waals surface area contributed by atoms with Crippen LogP contribution in [-0.4, -0.2) is 35.1 Å². The van der Waals surface area contributed by atoms with Crippen LogP contribution >= 0.6 is 35.0 Å². The van der Waals surface area contributed by atoms with Gasteiger partial charge in [-0.15, -0.1) is 11.8 Å². The minimum absolute atomic E-state index is 0.0837. The Bertz CT molecular complexity index is 900. The fourth-order valence-electron chi connectivity index (χ4n) is 3.30. The number of thioether (sulfide) groups is 1. The van der Waals surface area contributed by atoms with E-state index in [0.717, 1.165) is 17.7 Å². The summed E-state index contributed by atoms with van der Waals surface area (Å²) >= 11 is 13.7. The van der Waals surface area contributed by atoms with Crippen molar-refractivity contribution in [2.45, 2.75) is 52.5 Å². The number of rotatable bonds is 10. The summed E-state index contributed by atoms with van der Waals surface area (Å²) < 4.78 is 0. The van der Waals surface area contributed by atoms with Gasteiger partial charge in [-0.05, 0) is 50.5 Å². The number of hydrogen-bond acceptors (Lipinski definition) is 3. The Kier molecular flexibility index (Phi) is 10.2. The van der Waals surface area contributed by atoms with Crippen LogP contribution in [0.4, 0.5) is 0 Å². The van der Waals surface area contributed by atoms with Crippen molar-refractivity contribution in [2.24, 2.45) is 0 Å².